The Morgan fingerprint density at radius 3 is 3.00 bits per heavy atom. The van der Waals surface area contributed by atoms with Gasteiger partial charge in [0.25, 0.3) is 11.5 Å². The van der Waals surface area contributed by atoms with Crippen molar-refractivity contribution in [2.24, 2.45) is 0 Å². The molecule has 1 unspecified atom stereocenters. The maximum Gasteiger partial charge on any atom is 0.270 e. The molecule has 2 aromatic rings. The van der Waals surface area contributed by atoms with Crippen molar-refractivity contribution < 1.29 is 9.90 Å². The van der Waals surface area contributed by atoms with Crippen LogP contribution in [0.1, 0.15) is 16.8 Å². The summed E-state index contributed by atoms with van der Waals surface area (Å²) in [4.78, 5) is 30.0. The second-order valence-electron chi connectivity index (χ2n) is 4.60. The quantitative estimate of drug-likeness (QED) is 0.776. The molecule has 1 N–H and O–H groups in total. The van der Waals surface area contributed by atoms with E-state index in [0.29, 0.717) is 18.6 Å². The molecule has 0 spiro atoms. The van der Waals surface area contributed by atoms with Crippen molar-refractivity contribution in [1.82, 2.24) is 14.3 Å². The van der Waals surface area contributed by atoms with Crippen molar-refractivity contribution in [2.45, 2.75) is 12.5 Å². The number of rotatable bonds is 1. The van der Waals surface area contributed by atoms with Gasteiger partial charge in [-0.05, 0) is 18.6 Å². The van der Waals surface area contributed by atoms with Gasteiger partial charge in [-0.2, -0.15) is 0 Å². The zero-order chi connectivity index (χ0) is 13.4. The SMILES string of the molecule is O=C(c1cnc2ccccn2c1=O)N1CCC(O)C1. The Bertz CT molecular complexity index is 695. The van der Waals surface area contributed by atoms with E-state index in [1.165, 1.54) is 15.5 Å². The van der Waals surface area contributed by atoms with Crippen molar-refractivity contribution in [3.05, 3.63) is 46.5 Å². The summed E-state index contributed by atoms with van der Waals surface area (Å²) in [5.41, 5.74) is 0.167. The number of β-amino-alcohol motifs (C(OH)–C–C–N with tert-alkyl or cyclic N) is 1. The molecule has 2 aromatic heterocycles. The lowest BCUT2D eigenvalue weighted by molar-refractivity contribution is 0.0762. The molecule has 3 rings (SSSR count). The van der Waals surface area contributed by atoms with Gasteiger partial charge in [-0.1, -0.05) is 6.07 Å². The Morgan fingerprint density at radius 2 is 2.26 bits per heavy atom. The summed E-state index contributed by atoms with van der Waals surface area (Å²) in [6, 6.07) is 5.19. The van der Waals surface area contributed by atoms with E-state index in [4.69, 9.17) is 0 Å². The van der Waals surface area contributed by atoms with Gasteiger partial charge < -0.3 is 10.0 Å². The summed E-state index contributed by atoms with van der Waals surface area (Å²) < 4.78 is 1.35. The topological polar surface area (TPSA) is 74.9 Å². The zero-order valence-electron chi connectivity index (χ0n) is 10.2. The number of aliphatic hydroxyl groups is 1. The molecule has 6 heteroatoms. The van der Waals surface area contributed by atoms with Crippen LogP contribution in [-0.4, -0.2) is 44.5 Å². The molecule has 0 bridgehead atoms. The van der Waals surface area contributed by atoms with Crippen molar-refractivity contribution in [1.29, 1.82) is 0 Å². The molecule has 6 nitrogen and oxygen atoms in total. The Morgan fingerprint density at radius 1 is 1.42 bits per heavy atom. The summed E-state index contributed by atoms with van der Waals surface area (Å²) in [7, 11) is 0. The largest absolute Gasteiger partial charge is 0.391 e. The van der Waals surface area contributed by atoms with Gasteiger partial charge in [-0.15, -0.1) is 0 Å². The van der Waals surface area contributed by atoms with E-state index in [9.17, 15) is 14.7 Å². The minimum absolute atomic E-state index is 0.0396. The monoisotopic (exact) mass is 259 g/mol. The van der Waals surface area contributed by atoms with Gasteiger partial charge >= 0.3 is 0 Å². The minimum atomic E-state index is -0.500. The first-order chi connectivity index (χ1) is 9.16. The summed E-state index contributed by atoms with van der Waals surface area (Å²) >= 11 is 0. The highest BCUT2D eigenvalue weighted by Crippen LogP contribution is 2.11. The van der Waals surface area contributed by atoms with E-state index < -0.39 is 6.10 Å². The number of aliphatic hydroxyl groups excluding tert-OH is 1. The molecular formula is C13H13N3O3. The molecule has 0 saturated carbocycles. The lowest BCUT2D eigenvalue weighted by atomic mass is 10.3. The third kappa shape index (κ3) is 2.00. The second kappa shape index (κ2) is 4.47. The van der Waals surface area contributed by atoms with Crippen LogP contribution in [-0.2, 0) is 0 Å². The molecular weight excluding hydrogens is 246 g/mol. The van der Waals surface area contributed by atoms with Crippen molar-refractivity contribution in [3.63, 3.8) is 0 Å². The predicted molar refractivity (Wildman–Crippen MR) is 68.0 cm³/mol. The number of nitrogens with zero attached hydrogens (tertiary/aromatic N) is 3. The molecule has 0 aliphatic carbocycles. The molecule has 1 amide bonds. The van der Waals surface area contributed by atoms with E-state index >= 15 is 0 Å². The average molecular weight is 259 g/mol. The van der Waals surface area contributed by atoms with Crippen LogP contribution in [0.3, 0.4) is 0 Å². The zero-order valence-corrected chi connectivity index (χ0v) is 10.2. The van der Waals surface area contributed by atoms with E-state index in [1.54, 1.807) is 24.4 Å². The van der Waals surface area contributed by atoms with Crippen LogP contribution < -0.4 is 5.56 Å². The summed E-state index contributed by atoms with van der Waals surface area (Å²) in [5.74, 6) is -0.368. The molecule has 1 saturated heterocycles. The minimum Gasteiger partial charge on any atom is -0.391 e. The van der Waals surface area contributed by atoms with Gasteiger partial charge in [0.2, 0.25) is 0 Å². The van der Waals surface area contributed by atoms with E-state index in [0.717, 1.165) is 0 Å². The third-order valence-corrected chi connectivity index (χ3v) is 3.29. The van der Waals surface area contributed by atoms with Gasteiger partial charge in [0.05, 0.1) is 6.10 Å². The molecule has 1 fully saturated rings. The number of hydrogen-bond donors (Lipinski definition) is 1. The molecule has 1 aliphatic heterocycles. The van der Waals surface area contributed by atoms with Crippen LogP contribution in [0.5, 0.6) is 0 Å². The molecule has 0 radical (unpaired) electrons. The lowest BCUT2D eigenvalue weighted by Crippen LogP contribution is -2.35. The van der Waals surface area contributed by atoms with Crippen LogP contribution in [0.15, 0.2) is 35.4 Å². The maximum absolute atomic E-state index is 12.2. The number of carbonyl (C=O) groups excluding carboxylic acids is 1. The normalized spacial score (nSPS) is 19.0. The molecule has 1 aliphatic rings. The number of likely N-dealkylation sites (tertiary alicyclic amines) is 1. The fourth-order valence-corrected chi connectivity index (χ4v) is 2.27. The fourth-order valence-electron chi connectivity index (χ4n) is 2.27. The highest BCUT2D eigenvalue weighted by atomic mass is 16.3. The van der Waals surface area contributed by atoms with Crippen LogP contribution in [0.2, 0.25) is 0 Å². The Balaban J connectivity index is 2.04. The summed E-state index contributed by atoms with van der Waals surface area (Å²) in [6.45, 7) is 0.743. The predicted octanol–water partition coefficient (Wildman–Crippen LogP) is -0.0987. The fraction of sp³-hybridized carbons (Fsp3) is 0.308. The molecule has 0 aromatic carbocycles. The van der Waals surface area contributed by atoms with Gasteiger partial charge in [-0.3, -0.25) is 14.0 Å². The van der Waals surface area contributed by atoms with Gasteiger partial charge in [0, 0.05) is 25.5 Å². The van der Waals surface area contributed by atoms with E-state index in [1.807, 2.05) is 0 Å². The number of hydrogen-bond acceptors (Lipinski definition) is 4. The number of amides is 1. The van der Waals surface area contributed by atoms with Crippen LogP contribution >= 0.6 is 0 Å². The highest BCUT2D eigenvalue weighted by molar-refractivity contribution is 5.94. The number of carbonyl (C=O) groups is 1. The van der Waals surface area contributed by atoms with E-state index in [-0.39, 0.29) is 23.6 Å². The molecule has 3 heterocycles. The number of pyridine rings is 1. The van der Waals surface area contributed by atoms with Gasteiger partial charge in [-0.25, -0.2) is 4.98 Å². The van der Waals surface area contributed by atoms with Crippen molar-refractivity contribution >= 4 is 11.6 Å². The third-order valence-electron chi connectivity index (χ3n) is 3.29. The molecule has 98 valence electrons. The second-order valence-corrected chi connectivity index (χ2v) is 4.60. The molecule has 19 heavy (non-hydrogen) atoms. The van der Waals surface area contributed by atoms with Crippen LogP contribution in [0, 0.1) is 0 Å². The van der Waals surface area contributed by atoms with Crippen molar-refractivity contribution in [3.8, 4) is 0 Å². The van der Waals surface area contributed by atoms with Crippen molar-refractivity contribution in [2.75, 3.05) is 13.1 Å². The summed E-state index contributed by atoms with van der Waals surface area (Å²) in [5, 5.41) is 9.44. The van der Waals surface area contributed by atoms with Gasteiger partial charge in [0.15, 0.2) is 0 Å². The lowest BCUT2D eigenvalue weighted by Gasteiger charge is -2.14. The van der Waals surface area contributed by atoms with Gasteiger partial charge in [0.1, 0.15) is 11.2 Å². The number of fused-ring (bicyclic) bond motifs is 1. The first-order valence-electron chi connectivity index (χ1n) is 6.10. The smallest absolute Gasteiger partial charge is 0.270 e. The Hall–Kier alpha value is -2.21. The highest BCUT2D eigenvalue weighted by Gasteiger charge is 2.27. The molecule has 1 atom stereocenters. The number of aromatic nitrogens is 2. The first kappa shape index (κ1) is 11.9. The summed E-state index contributed by atoms with van der Waals surface area (Å²) in [6.07, 6.45) is 2.94. The Labute approximate surface area is 108 Å². The Kier molecular flexibility index (Phi) is 2.79. The van der Waals surface area contributed by atoms with E-state index in [2.05, 4.69) is 4.98 Å². The van der Waals surface area contributed by atoms with Crippen LogP contribution in [0.4, 0.5) is 0 Å². The van der Waals surface area contributed by atoms with Crippen LogP contribution in [0.25, 0.3) is 5.65 Å². The standard InChI is InChI=1S/C13H13N3O3/c17-9-4-6-15(8-9)12(18)10-7-14-11-3-1-2-5-16(11)13(10)19/h1-3,5,7,9,17H,4,6,8H2. The first-order valence-corrected chi connectivity index (χ1v) is 6.10. The average Bonchev–Trinajstić information content (AvgIpc) is 2.85. The maximum atomic E-state index is 12.2.